The number of carbonyl (C=O) groups excluding carboxylic acids is 1. The molecule has 1 aliphatic rings. The Bertz CT molecular complexity index is 627. The van der Waals surface area contributed by atoms with Crippen molar-refractivity contribution in [1.82, 2.24) is 5.32 Å². The summed E-state index contributed by atoms with van der Waals surface area (Å²) in [7, 11) is -4.06. The topological polar surface area (TPSA) is 98.5 Å². The van der Waals surface area contributed by atoms with Crippen molar-refractivity contribution in [3.05, 3.63) is 29.6 Å². The number of primary sulfonamides is 1. The number of halogens is 1. The molecule has 0 bridgehead atoms. The van der Waals surface area contributed by atoms with Gasteiger partial charge in [0.15, 0.2) is 0 Å². The third kappa shape index (κ3) is 4.48. The molecule has 0 saturated carbocycles. The molecular formula is C13H17FN2O4S. The van der Waals surface area contributed by atoms with Gasteiger partial charge in [-0.25, -0.2) is 17.9 Å². The van der Waals surface area contributed by atoms with E-state index in [1.54, 1.807) is 0 Å². The number of benzene rings is 1. The molecule has 1 aromatic rings. The predicted octanol–water partition coefficient (Wildman–Crippen LogP) is 0.629. The maximum atomic E-state index is 13.4. The average molecular weight is 316 g/mol. The standard InChI is InChI=1S/C13H17FN2O4S/c14-11-4-10(5-12(6-11)21(15,18)19)13(17)16-7-9-2-1-3-20-8-9/h4-6,9H,1-3,7-8H2,(H,16,17)(H2,15,18,19). The second-order valence-corrected chi connectivity index (χ2v) is 6.58. The first-order chi connectivity index (χ1) is 9.86. The Morgan fingerprint density at radius 2 is 2.19 bits per heavy atom. The van der Waals surface area contributed by atoms with Gasteiger partial charge in [0.2, 0.25) is 10.0 Å². The van der Waals surface area contributed by atoms with Gasteiger partial charge in [0.05, 0.1) is 11.5 Å². The van der Waals surface area contributed by atoms with Crippen LogP contribution >= 0.6 is 0 Å². The molecule has 6 nitrogen and oxygen atoms in total. The van der Waals surface area contributed by atoms with Gasteiger partial charge in [-0.15, -0.1) is 0 Å². The van der Waals surface area contributed by atoms with E-state index in [1.165, 1.54) is 0 Å². The van der Waals surface area contributed by atoms with E-state index >= 15 is 0 Å². The number of amides is 1. The maximum absolute atomic E-state index is 13.4. The Balaban J connectivity index is 2.06. The SMILES string of the molecule is NS(=O)(=O)c1cc(F)cc(C(=O)NCC2CCCOC2)c1. The van der Waals surface area contributed by atoms with Crippen LogP contribution in [0.1, 0.15) is 23.2 Å². The second kappa shape index (κ2) is 6.50. The van der Waals surface area contributed by atoms with Crippen LogP contribution in [0.4, 0.5) is 4.39 Å². The quantitative estimate of drug-likeness (QED) is 0.851. The molecule has 0 radical (unpaired) electrons. The lowest BCUT2D eigenvalue weighted by atomic mass is 10.0. The van der Waals surface area contributed by atoms with Gasteiger partial charge >= 0.3 is 0 Å². The van der Waals surface area contributed by atoms with E-state index < -0.39 is 26.6 Å². The first kappa shape index (κ1) is 15.9. The number of hydrogen-bond donors (Lipinski definition) is 2. The van der Waals surface area contributed by atoms with Crippen molar-refractivity contribution in [1.29, 1.82) is 0 Å². The maximum Gasteiger partial charge on any atom is 0.251 e. The number of sulfonamides is 1. The van der Waals surface area contributed by atoms with Crippen LogP contribution in [0.3, 0.4) is 0 Å². The average Bonchev–Trinajstić information content (AvgIpc) is 2.44. The molecule has 1 aromatic carbocycles. The van der Waals surface area contributed by atoms with Crippen molar-refractivity contribution in [2.24, 2.45) is 11.1 Å². The zero-order valence-corrected chi connectivity index (χ0v) is 12.2. The smallest absolute Gasteiger partial charge is 0.251 e. The van der Waals surface area contributed by atoms with Crippen molar-refractivity contribution in [2.75, 3.05) is 19.8 Å². The first-order valence-electron chi connectivity index (χ1n) is 6.55. The highest BCUT2D eigenvalue weighted by molar-refractivity contribution is 7.89. The zero-order valence-electron chi connectivity index (χ0n) is 11.3. The third-order valence-corrected chi connectivity index (χ3v) is 4.16. The molecule has 2 rings (SSSR count). The lowest BCUT2D eigenvalue weighted by Gasteiger charge is -2.22. The van der Waals surface area contributed by atoms with Crippen LogP contribution < -0.4 is 10.5 Å². The van der Waals surface area contributed by atoms with Crippen LogP contribution in [-0.4, -0.2) is 34.1 Å². The van der Waals surface area contributed by atoms with Gasteiger partial charge in [-0.05, 0) is 37.0 Å². The summed E-state index contributed by atoms with van der Waals surface area (Å²) in [5, 5.41) is 7.60. The largest absolute Gasteiger partial charge is 0.381 e. The van der Waals surface area contributed by atoms with E-state index in [9.17, 15) is 17.6 Å². The van der Waals surface area contributed by atoms with Crippen molar-refractivity contribution in [2.45, 2.75) is 17.7 Å². The molecule has 8 heteroatoms. The predicted molar refractivity (Wildman–Crippen MR) is 73.6 cm³/mol. The van der Waals surface area contributed by atoms with Gasteiger partial charge < -0.3 is 10.1 Å². The number of rotatable bonds is 4. The molecule has 1 heterocycles. The minimum Gasteiger partial charge on any atom is -0.381 e. The molecule has 3 N–H and O–H groups in total. The highest BCUT2D eigenvalue weighted by Crippen LogP contribution is 2.15. The van der Waals surface area contributed by atoms with E-state index in [0.717, 1.165) is 37.6 Å². The van der Waals surface area contributed by atoms with E-state index in [2.05, 4.69) is 5.32 Å². The van der Waals surface area contributed by atoms with E-state index in [-0.39, 0.29) is 11.5 Å². The van der Waals surface area contributed by atoms with Crippen LogP contribution in [-0.2, 0) is 14.8 Å². The van der Waals surface area contributed by atoms with Crippen LogP contribution in [0.5, 0.6) is 0 Å². The summed E-state index contributed by atoms with van der Waals surface area (Å²) in [4.78, 5) is 11.5. The fourth-order valence-electron chi connectivity index (χ4n) is 2.17. The molecule has 1 atom stereocenters. The van der Waals surface area contributed by atoms with Crippen molar-refractivity contribution >= 4 is 15.9 Å². The minimum absolute atomic E-state index is 0.0734. The van der Waals surface area contributed by atoms with Gasteiger partial charge in [0, 0.05) is 18.7 Å². The highest BCUT2D eigenvalue weighted by atomic mass is 32.2. The summed E-state index contributed by atoms with van der Waals surface area (Å²) in [6.07, 6.45) is 1.89. The number of ether oxygens (including phenoxy) is 1. The monoisotopic (exact) mass is 316 g/mol. The van der Waals surface area contributed by atoms with Crippen molar-refractivity contribution in [3.8, 4) is 0 Å². The molecule has 0 aromatic heterocycles. The van der Waals surface area contributed by atoms with Gasteiger partial charge in [0.25, 0.3) is 5.91 Å². The molecule has 116 valence electrons. The van der Waals surface area contributed by atoms with Crippen LogP contribution in [0.25, 0.3) is 0 Å². The zero-order chi connectivity index (χ0) is 15.5. The van der Waals surface area contributed by atoms with E-state index in [1.807, 2.05) is 0 Å². The summed E-state index contributed by atoms with van der Waals surface area (Å²) < 4.78 is 41.1. The fraction of sp³-hybridized carbons (Fsp3) is 0.462. The van der Waals surface area contributed by atoms with Crippen molar-refractivity contribution in [3.63, 3.8) is 0 Å². The first-order valence-corrected chi connectivity index (χ1v) is 8.10. The van der Waals surface area contributed by atoms with Gasteiger partial charge in [-0.3, -0.25) is 4.79 Å². The second-order valence-electron chi connectivity index (χ2n) is 5.01. The summed E-state index contributed by atoms with van der Waals surface area (Å²) in [5.41, 5.74) is -0.0734. The van der Waals surface area contributed by atoms with Gasteiger partial charge in [-0.2, -0.15) is 0 Å². The molecular weight excluding hydrogens is 299 g/mol. The van der Waals surface area contributed by atoms with E-state index in [0.29, 0.717) is 13.2 Å². The summed E-state index contributed by atoms with van der Waals surface area (Å²) in [6.45, 7) is 1.71. The summed E-state index contributed by atoms with van der Waals surface area (Å²) >= 11 is 0. The molecule has 1 aliphatic heterocycles. The Hall–Kier alpha value is -1.51. The minimum atomic E-state index is -4.06. The lowest BCUT2D eigenvalue weighted by molar-refractivity contribution is 0.0536. The van der Waals surface area contributed by atoms with Gasteiger partial charge in [0.1, 0.15) is 5.82 Å². The Kier molecular flexibility index (Phi) is 4.92. The van der Waals surface area contributed by atoms with Crippen LogP contribution in [0.2, 0.25) is 0 Å². The number of nitrogens with one attached hydrogen (secondary N) is 1. The van der Waals surface area contributed by atoms with Crippen LogP contribution in [0, 0.1) is 11.7 Å². The number of nitrogens with two attached hydrogens (primary N) is 1. The third-order valence-electron chi connectivity index (χ3n) is 3.27. The molecule has 1 unspecified atom stereocenters. The molecule has 0 spiro atoms. The fourth-order valence-corrected chi connectivity index (χ4v) is 2.73. The molecule has 1 fully saturated rings. The summed E-state index contributed by atoms with van der Waals surface area (Å²) in [6, 6.07) is 2.81. The normalized spacial score (nSPS) is 19.2. The number of carbonyl (C=O) groups is 1. The van der Waals surface area contributed by atoms with E-state index in [4.69, 9.17) is 9.88 Å². The van der Waals surface area contributed by atoms with Crippen LogP contribution in [0.15, 0.2) is 23.1 Å². The molecule has 21 heavy (non-hydrogen) atoms. The van der Waals surface area contributed by atoms with Crippen molar-refractivity contribution < 1.29 is 22.3 Å². The number of hydrogen-bond acceptors (Lipinski definition) is 4. The Morgan fingerprint density at radius 1 is 1.43 bits per heavy atom. The lowest BCUT2D eigenvalue weighted by Crippen LogP contribution is -2.33. The molecule has 1 amide bonds. The Labute approximate surface area is 122 Å². The Morgan fingerprint density at radius 3 is 2.81 bits per heavy atom. The summed E-state index contributed by atoms with van der Waals surface area (Å²) in [5.74, 6) is -1.15. The van der Waals surface area contributed by atoms with Gasteiger partial charge in [-0.1, -0.05) is 0 Å². The molecule has 1 saturated heterocycles. The molecule has 0 aliphatic carbocycles. The highest BCUT2D eigenvalue weighted by Gasteiger charge is 2.17.